The molecule has 3 fully saturated rings. The van der Waals surface area contributed by atoms with Crippen LogP contribution in [-0.2, 0) is 6.54 Å². The summed E-state index contributed by atoms with van der Waals surface area (Å²) in [7, 11) is 0. The van der Waals surface area contributed by atoms with Gasteiger partial charge in [-0.2, -0.15) is 0 Å². The van der Waals surface area contributed by atoms with Crippen LogP contribution in [0.1, 0.15) is 38.5 Å². The molecule has 4 rings (SSSR count). The van der Waals surface area contributed by atoms with Crippen LogP contribution < -0.4 is 5.32 Å². The Balaban J connectivity index is 1.60. The zero-order chi connectivity index (χ0) is 12.0. The van der Waals surface area contributed by atoms with Crippen LogP contribution in [0.15, 0.2) is 11.7 Å². The van der Waals surface area contributed by atoms with Crippen LogP contribution in [0, 0.1) is 23.2 Å². The Hall–Kier alpha value is -0.410. The van der Waals surface area contributed by atoms with E-state index in [1.807, 2.05) is 11.7 Å². The van der Waals surface area contributed by atoms with Gasteiger partial charge >= 0.3 is 0 Å². The van der Waals surface area contributed by atoms with Gasteiger partial charge in [-0.05, 0) is 36.0 Å². The molecule has 0 aliphatic heterocycles. The summed E-state index contributed by atoms with van der Waals surface area (Å²) in [4.78, 5) is 5.49. The monoisotopic (exact) mass is 250 g/mol. The maximum atomic E-state index is 4.13. The minimum absolute atomic E-state index is 0.599. The Bertz CT molecular complexity index is 385. The summed E-state index contributed by atoms with van der Waals surface area (Å²) in [6.45, 7) is 8.36. The third kappa shape index (κ3) is 1.84. The van der Waals surface area contributed by atoms with Crippen molar-refractivity contribution in [3.05, 3.63) is 16.6 Å². The summed E-state index contributed by atoms with van der Waals surface area (Å²) in [5, 5.41) is 3.74. The first-order valence-electron chi connectivity index (χ1n) is 6.70. The zero-order valence-corrected chi connectivity index (χ0v) is 11.8. The number of nitrogens with zero attached hydrogens (tertiary/aromatic N) is 1. The molecule has 17 heavy (non-hydrogen) atoms. The van der Waals surface area contributed by atoms with E-state index in [0.717, 1.165) is 24.3 Å². The molecule has 1 heterocycles. The molecule has 0 unspecified atom stereocenters. The van der Waals surface area contributed by atoms with E-state index in [2.05, 4.69) is 31.1 Å². The topological polar surface area (TPSA) is 24.9 Å². The molecule has 0 amide bonds. The van der Waals surface area contributed by atoms with Gasteiger partial charge in [0.25, 0.3) is 0 Å². The molecule has 94 valence electrons. The number of thiazole rings is 1. The van der Waals surface area contributed by atoms with E-state index in [1.165, 1.54) is 17.7 Å². The first-order chi connectivity index (χ1) is 8.09. The lowest BCUT2D eigenvalue weighted by Gasteiger charge is -2.62. The van der Waals surface area contributed by atoms with Gasteiger partial charge < -0.3 is 5.32 Å². The molecule has 4 atom stereocenters. The second kappa shape index (κ2) is 4.06. The Morgan fingerprint density at radius 3 is 2.88 bits per heavy atom. The van der Waals surface area contributed by atoms with Gasteiger partial charge in [0, 0.05) is 23.7 Å². The number of hydrogen-bond acceptors (Lipinski definition) is 3. The van der Waals surface area contributed by atoms with E-state index in [1.54, 1.807) is 11.3 Å². The van der Waals surface area contributed by atoms with Gasteiger partial charge in [0.2, 0.25) is 0 Å². The van der Waals surface area contributed by atoms with Crippen LogP contribution in [0.5, 0.6) is 0 Å². The van der Waals surface area contributed by atoms with Crippen LogP contribution >= 0.6 is 11.3 Å². The molecule has 1 aromatic heterocycles. The predicted octanol–water partition coefficient (Wildman–Crippen LogP) is 3.30. The van der Waals surface area contributed by atoms with Crippen molar-refractivity contribution in [3.8, 4) is 0 Å². The molecule has 2 bridgehead atoms. The van der Waals surface area contributed by atoms with Gasteiger partial charge in [-0.25, -0.2) is 0 Å². The summed E-state index contributed by atoms with van der Waals surface area (Å²) >= 11 is 1.75. The lowest BCUT2D eigenvalue weighted by molar-refractivity contribution is -0.115. The van der Waals surface area contributed by atoms with E-state index in [4.69, 9.17) is 0 Å². The van der Waals surface area contributed by atoms with Gasteiger partial charge in [-0.15, -0.1) is 11.3 Å². The smallest absolute Gasteiger partial charge is 0.0794 e. The maximum absolute atomic E-state index is 4.13. The largest absolute Gasteiger partial charge is 0.309 e. The molecular weight excluding hydrogens is 228 g/mol. The first-order valence-corrected chi connectivity index (χ1v) is 7.57. The van der Waals surface area contributed by atoms with Gasteiger partial charge in [-0.3, -0.25) is 4.98 Å². The van der Waals surface area contributed by atoms with Gasteiger partial charge in [0.05, 0.1) is 5.51 Å². The van der Waals surface area contributed by atoms with E-state index in [0.29, 0.717) is 11.5 Å². The summed E-state index contributed by atoms with van der Waals surface area (Å²) in [5.74, 6) is 2.70. The van der Waals surface area contributed by atoms with Crippen LogP contribution in [0.4, 0.5) is 0 Å². The zero-order valence-electron chi connectivity index (χ0n) is 10.9. The maximum Gasteiger partial charge on any atom is 0.0794 e. The molecule has 0 saturated heterocycles. The Kier molecular flexibility index (Phi) is 2.79. The Morgan fingerprint density at radius 2 is 2.29 bits per heavy atom. The van der Waals surface area contributed by atoms with Crippen molar-refractivity contribution in [2.45, 2.75) is 46.2 Å². The molecule has 3 aliphatic rings. The molecule has 0 spiro atoms. The van der Waals surface area contributed by atoms with Gasteiger partial charge in [0.15, 0.2) is 0 Å². The fraction of sp³-hybridized carbons (Fsp3) is 0.786. The second-order valence-electron chi connectivity index (χ2n) is 6.41. The summed E-state index contributed by atoms with van der Waals surface area (Å²) in [5.41, 5.74) is 2.52. The van der Waals surface area contributed by atoms with E-state index >= 15 is 0 Å². The van der Waals surface area contributed by atoms with Crippen molar-refractivity contribution in [1.82, 2.24) is 10.3 Å². The SMILES string of the molecule is C[C@H]1[C@H](NCc2cncs2)C[C@H]2C[C@@H]1C2(C)C. The highest BCUT2D eigenvalue weighted by Gasteiger charge is 2.55. The van der Waals surface area contributed by atoms with E-state index in [-0.39, 0.29) is 0 Å². The number of hydrogen-bond donors (Lipinski definition) is 1. The Labute approximate surface area is 108 Å². The predicted molar refractivity (Wildman–Crippen MR) is 71.9 cm³/mol. The lowest BCUT2D eigenvalue weighted by atomic mass is 9.45. The van der Waals surface area contributed by atoms with Crippen molar-refractivity contribution in [2.24, 2.45) is 23.2 Å². The molecule has 0 radical (unpaired) electrons. The van der Waals surface area contributed by atoms with Gasteiger partial charge in [-0.1, -0.05) is 20.8 Å². The van der Waals surface area contributed by atoms with Crippen LogP contribution in [0.2, 0.25) is 0 Å². The highest BCUT2D eigenvalue weighted by atomic mass is 32.1. The molecule has 1 N–H and O–H groups in total. The summed E-state index contributed by atoms with van der Waals surface area (Å²) < 4.78 is 0. The number of nitrogens with one attached hydrogen (secondary N) is 1. The lowest BCUT2D eigenvalue weighted by Crippen LogP contribution is -2.59. The molecule has 3 aliphatic carbocycles. The van der Waals surface area contributed by atoms with Crippen molar-refractivity contribution in [3.63, 3.8) is 0 Å². The molecule has 1 aromatic rings. The second-order valence-corrected chi connectivity index (χ2v) is 7.38. The first kappa shape index (κ1) is 11.7. The quantitative estimate of drug-likeness (QED) is 0.890. The summed E-state index contributed by atoms with van der Waals surface area (Å²) in [6.07, 6.45) is 4.81. The standard InChI is InChI=1S/C14H22N2S/c1-9-12-4-10(14(12,2)3)5-13(9)16-7-11-6-15-8-17-11/h6,8-10,12-13,16H,4-5,7H2,1-3H3/t9-,10-,12+,13-/m1/s1. The molecule has 0 aromatic carbocycles. The van der Waals surface area contributed by atoms with Crippen LogP contribution in [0.3, 0.4) is 0 Å². The molecular formula is C14H22N2S. The van der Waals surface area contributed by atoms with Crippen molar-refractivity contribution < 1.29 is 0 Å². The third-order valence-corrected chi connectivity index (χ3v) is 6.16. The van der Waals surface area contributed by atoms with E-state index < -0.39 is 0 Å². The number of aromatic nitrogens is 1. The Morgan fingerprint density at radius 1 is 1.47 bits per heavy atom. The number of fused-ring (bicyclic) bond motifs is 2. The van der Waals surface area contributed by atoms with Crippen molar-refractivity contribution in [1.29, 1.82) is 0 Å². The average molecular weight is 250 g/mol. The fourth-order valence-corrected chi connectivity index (χ4v) is 4.53. The highest BCUT2D eigenvalue weighted by Crippen LogP contribution is 2.61. The van der Waals surface area contributed by atoms with Crippen molar-refractivity contribution >= 4 is 11.3 Å². The van der Waals surface area contributed by atoms with Crippen LogP contribution in [-0.4, -0.2) is 11.0 Å². The summed E-state index contributed by atoms with van der Waals surface area (Å²) in [6, 6.07) is 0.717. The third-order valence-electron chi connectivity index (χ3n) is 5.38. The van der Waals surface area contributed by atoms with E-state index in [9.17, 15) is 0 Å². The fourth-order valence-electron chi connectivity index (χ4n) is 3.98. The van der Waals surface area contributed by atoms with Gasteiger partial charge in [0.1, 0.15) is 0 Å². The molecule has 3 heteroatoms. The highest BCUT2D eigenvalue weighted by molar-refractivity contribution is 7.09. The normalized spacial score (nSPS) is 38.8. The molecule has 2 nitrogen and oxygen atoms in total. The van der Waals surface area contributed by atoms with Crippen LogP contribution in [0.25, 0.3) is 0 Å². The number of rotatable bonds is 3. The minimum Gasteiger partial charge on any atom is -0.309 e. The molecule has 3 saturated carbocycles. The minimum atomic E-state index is 0.599. The average Bonchev–Trinajstić information content (AvgIpc) is 2.79. The van der Waals surface area contributed by atoms with Crippen molar-refractivity contribution in [2.75, 3.05) is 0 Å².